The zero-order valence-corrected chi connectivity index (χ0v) is 12.5. The van der Waals surface area contributed by atoms with Crippen molar-refractivity contribution in [3.63, 3.8) is 0 Å². The van der Waals surface area contributed by atoms with Crippen LogP contribution >= 0.6 is 11.3 Å². The highest BCUT2D eigenvalue weighted by molar-refractivity contribution is 7.22. The molecule has 5 nitrogen and oxygen atoms in total. The first-order valence-corrected chi connectivity index (χ1v) is 7.55. The fourth-order valence-corrected chi connectivity index (χ4v) is 3.23. The summed E-state index contributed by atoms with van der Waals surface area (Å²) in [6.07, 6.45) is 0. The van der Waals surface area contributed by atoms with E-state index in [1.54, 1.807) is 13.0 Å². The minimum atomic E-state index is -0.319. The van der Waals surface area contributed by atoms with Gasteiger partial charge in [-0.25, -0.2) is 4.98 Å². The number of nitrogens with one attached hydrogen (secondary N) is 1. The molecule has 0 saturated heterocycles. The van der Waals surface area contributed by atoms with Crippen molar-refractivity contribution in [1.82, 2.24) is 10.1 Å². The highest BCUT2D eigenvalue weighted by Gasteiger charge is 2.14. The third-order valence-electron chi connectivity index (χ3n) is 3.36. The van der Waals surface area contributed by atoms with Gasteiger partial charge in [0.05, 0.1) is 10.2 Å². The zero-order valence-electron chi connectivity index (χ0n) is 11.7. The highest BCUT2D eigenvalue weighted by Crippen LogP contribution is 2.31. The summed E-state index contributed by atoms with van der Waals surface area (Å²) in [4.78, 5) is 16.6. The Morgan fingerprint density at radius 3 is 2.91 bits per heavy atom. The maximum absolute atomic E-state index is 12.1. The van der Waals surface area contributed by atoms with Crippen LogP contribution in [0.15, 0.2) is 47.0 Å². The van der Waals surface area contributed by atoms with Gasteiger partial charge in [-0.15, -0.1) is 0 Å². The van der Waals surface area contributed by atoms with Gasteiger partial charge in [-0.2, -0.15) is 0 Å². The Morgan fingerprint density at radius 1 is 1.23 bits per heavy atom. The largest absolute Gasteiger partial charge is 0.361 e. The van der Waals surface area contributed by atoms with E-state index in [9.17, 15) is 4.79 Å². The Bertz CT molecular complexity index is 1000. The number of hydrogen-bond donors (Lipinski definition) is 1. The van der Waals surface area contributed by atoms with E-state index in [-0.39, 0.29) is 11.6 Å². The third kappa shape index (κ3) is 2.14. The molecule has 0 bridgehead atoms. The van der Waals surface area contributed by atoms with Crippen molar-refractivity contribution < 1.29 is 9.32 Å². The lowest BCUT2D eigenvalue weighted by molar-refractivity contribution is 0.101. The number of carbonyl (C=O) groups is 1. The number of rotatable bonds is 2. The summed E-state index contributed by atoms with van der Waals surface area (Å²) in [5.41, 5.74) is 1.15. The van der Waals surface area contributed by atoms with Crippen LogP contribution in [0.3, 0.4) is 0 Å². The van der Waals surface area contributed by atoms with Gasteiger partial charge in [-0.3, -0.25) is 10.1 Å². The molecule has 4 aromatic rings. The van der Waals surface area contributed by atoms with E-state index in [2.05, 4.69) is 21.5 Å². The van der Waals surface area contributed by atoms with Gasteiger partial charge >= 0.3 is 0 Å². The number of aromatic nitrogens is 2. The van der Waals surface area contributed by atoms with Crippen molar-refractivity contribution >= 4 is 43.4 Å². The average Bonchev–Trinajstić information content (AvgIpc) is 3.13. The maximum Gasteiger partial charge on any atom is 0.279 e. The molecule has 0 radical (unpaired) electrons. The quantitative estimate of drug-likeness (QED) is 0.607. The molecular formula is C16H11N3O2S. The predicted molar refractivity (Wildman–Crippen MR) is 86.3 cm³/mol. The molecule has 0 saturated carbocycles. The van der Waals surface area contributed by atoms with E-state index < -0.39 is 0 Å². The number of fused-ring (bicyclic) bond motifs is 3. The Hall–Kier alpha value is -2.73. The van der Waals surface area contributed by atoms with Gasteiger partial charge in [-0.1, -0.05) is 46.8 Å². The lowest BCUT2D eigenvalue weighted by atomic mass is 10.1. The zero-order chi connectivity index (χ0) is 15.1. The van der Waals surface area contributed by atoms with Gasteiger partial charge in [0.15, 0.2) is 10.8 Å². The molecule has 0 atom stereocenters. The van der Waals surface area contributed by atoms with E-state index in [1.165, 1.54) is 11.3 Å². The molecule has 1 amide bonds. The molecular weight excluding hydrogens is 298 g/mol. The van der Waals surface area contributed by atoms with Crippen LogP contribution in [-0.2, 0) is 0 Å². The van der Waals surface area contributed by atoms with Crippen molar-refractivity contribution in [2.45, 2.75) is 6.92 Å². The lowest BCUT2D eigenvalue weighted by Gasteiger charge is -1.97. The summed E-state index contributed by atoms with van der Waals surface area (Å²) in [7, 11) is 0. The van der Waals surface area contributed by atoms with Gasteiger partial charge in [-0.05, 0) is 18.4 Å². The molecule has 4 rings (SSSR count). The standard InChI is InChI=1S/C16H11N3O2S/c1-9-8-12(19-21-9)15(20)18-16-17-14-11-5-3-2-4-10(11)6-7-13(14)22-16/h2-8H,1H3,(H,17,18,20). The van der Waals surface area contributed by atoms with Crippen LogP contribution in [-0.4, -0.2) is 16.0 Å². The number of aryl methyl sites for hydroxylation is 1. The molecule has 2 aromatic carbocycles. The molecule has 108 valence electrons. The Morgan fingerprint density at radius 2 is 2.09 bits per heavy atom. The Balaban J connectivity index is 1.73. The van der Waals surface area contributed by atoms with E-state index in [1.807, 2.05) is 30.3 Å². The topological polar surface area (TPSA) is 68.0 Å². The number of hydrogen-bond acceptors (Lipinski definition) is 5. The number of benzene rings is 2. The second-order valence-electron chi connectivity index (χ2n) is 4.93. The second kappa shape index (κ2) is 4.92. The van der Waals surface area contributed by atoms with E-state index >= 15 is 0 Å². The summed E-state index contributed by atoms with van der Waals surface area (Å²) in [6, 6.07) is 13.7. The van der Waals surface area contributed by atoms with Crippen molar-refractivity contribution in [3.05, 3.63) is 53.9 Å². The number of thiazole rings is 1. The van der Waals surface area contributed by atoms with Crippen LogP contribution in [0.4, 0.5) is 5.13 Å². The Labute approximate surface area is 129 Å². The van der Waals surface area contributed by atoms with Gasteiger partial charge in [0.25, 0.3) is 5.91 Å². The third-order valence-corrected chi connectivity index (χ3v) is 4.30. The fraction of sp³-hybridized carbons (Fsp3) is 0.0625. The molecule has 0 spiro atoms. The minimum Gasteiger partial charge on any atom is -0.361 e. The minimum absolute atomic E-state index is 0.251. The summed E-state index contributed by atoms with van der Waals surface area (Å²) >= 11 is 1.44. The van der Waals surface area contributed by atoms with Crippen LogP contribution in [0, 0.1) is 6.92 Å². The number of nitrogens with zero attached hydrogens (tertiary/aromatic N) is 2. The van der Waals surface area contributed by atoms with Crippen LogP contribution in [0.25, 0.3) is 21.0 Å². The van der Waals surface area contributed by atoms with Crippen molar-refractivity contribution in [2.24, 2.45) is 0 Å². The molecule has 0 aliphatic heterocycles. The smallest absolute Gasteiger partial charge is 0.279 e. The summed E-state index contributed by atoms with van der Waals surface area (Å²) < 4.78 is 5.94. The molecule has 22 heavy (non-hydrogen) atoms. The first-order chi connectivity index (χ1) is 10.7. The molecule has 6 heteroatoms. The highest BCUT2D eigenvalue weighted by atomic mass is 32.1. The average molecular weight is 309 g/mol. The van der Waals surface area contributed by atoms with Crippen molar-refractivity contribution in [3.8, 4) is 0 Å². The van der Waals surface area contributed by atoms with E-state index in [0.29, 0.717) is 10.9 Å². The molecule has 1 N–H and O–H groups in total. The van der Waals surface area contributed by atoms with E-state index in [0.717, 1.165) is 21.0 Å². The normalized spacial score (nSPS) is 11.1. The van der Waals surface area contributed by atoms with Gasteiger partial charge < -0.3 is 4.52 Å². The number of carbonyl (C=O) groups excluding carboxylic acids is 1. The first-order valence-electron chi connectivity index (χ1n) is 6.74. The van der Waals surface area contributed by atoms with Gasteiger partial charge in [0.2, 0.25) is 0 Å². The van der Waals surface area contributed by atoms with Crippen molar-refractivity contribution in [1.29, 1.82) is 0 Å². The monoisotopic (exact) mass is 309 g/mol. The van der Waals surface area contributed by atoms with Crippen LogP contribution in [0.5, 0.6) is 0 Å². The second-order valence-corrected chi connectivity index (χ2v) is 5.96. The van der Waals surface area contributed by atoms with Crippen LogP contribution < -0.4 is 5.32 Å². The van der Waals surface area contributed by atoms with Crippen molar-refractivity contribution in [2.75, 3.05) is 5.32 Å². The SMILES string of the molecule is Cc1cc(C(=O)Nc2nc3c(ccc4ccccc43)s2)no1. The fourth-order valence-electron chi connectivity index (χ4n) is 2.35. The summed E-state index contributed by atoms with van der Waals surface area (Å²) in [5.74, 6) is 0.278. The molecule has 0 unspecified atom stereocenters. The molecule has 0 aliphatic rings. The predicted octanol–water partition coefficient (Wildman–Crippen LogP) is 4.00. The molecule has 2 aromatic heterocycles. The summed E-state index contributed by atoms with van der Waals surface area (Å²) in [5, 5.41) is 9.24. The van der Waals surface area contributed by atoms with Crippen LogP contribution in [0.1, 0.15) is 16.2 Å². The number of anilines is 1. The summed E-state index contributed by atoms with van der Waals surface area (Å²) in [6.45, 7) is 1.74. The lowest BCUT2D eigenvalue weighted by Crippen LogP contribution is -2.11. The van der Waals surface area contributed by atoms with E-state index in [4.69, 9.17) is 4.52 Å². The first kappa shape index (κ1) is 13.0. The maximum atomic E-state index is 12.1. The molecule has 0 aliphatic carbocycles. The van der Waals surface area contributed by atoms with Gasteiger partial charge in [0.1, 0.15) is 5.76 Å². The molecule has 0 fully saturated rings. The molecule has 2 heterocycles. The number of amides is 1. The Kier molecular flexibility index (Phi) is 2.90. The van der Waals surface area contributed by atoms with Crippen LogP contribution in [0.2, 0.25) is 0 Å². The van der Waals surface area contributed by atoms with Gasteiger partial charge in [0, 0.05) is 11.5 Å².